The third-order valence-electron chi connectivity index (χ3n) is 4.38. The van der Waals surface area contributed by atoms with E-state index in [9.17, 15) is 0 Å². The van der Waals surface area contributed by atoms with Crippen molar-refractivity contribution >= 4 is 0 Å². The molecule has 1 spiro atoms. The molecule has 2 fully saturated rings. The van der Waals surface area contributed by atoms with Crippen molar-refractivity contribution < 1.29 is 0 Å². The fourth-order valence-corrected chi connectivity index (χ4v) is 3.29. The summed E-state index contributed by atoms with van der Waals surface area (Å²) in [5.41, 5.74) is 8.91. The third-order valence-corrected chi connectivity index (χ3v) is 4.38. The Labute approximate surface area is 97.6 Å². The van der Waals surface area contributed by atoms with Crippen LogP contribution in [0.5, 0.6) is 0 Å². The Bertz CT molecular complexity index is 254. The maximum atomic E-state index is 8.19. The smallest absolute Gasteiger partial charge is 0.0270 e. The highest BCUT2D eigenvalue weighted by Gasteiger charge is 2.36. The monoisotopic (exact) mass is 222 g/mol. The van der Waals surface area contributed by atoms with Gasteiger partial charge in [0.05, 0.1) is 0 Å². The third kappa shape index (κ3) is 2.89. The Morgan fingerprint density at radius 2 is 1.81 bits per heavy atom. The van der Waals surface area contributed by atoms with E-state index >= 15 is 0 Å². The Hall–Kier alpha value is -0.730. The predicted octanol–water partition coefficient (Wildman–Crippen LogP) is 3.34. The zero-order chi connectivity index (χ0) is 11.3. The molecular formula is C12H22N4. The molecule has 0 aromatic rings. The molecule has 16 heavy (non-hydrogen) atoms. The SMILES string of the molecule is [N-]=[N+]=NCCCN1CCC2(CCCC2)CC1. The predicted molar refractivity (Wildman–Crippen MR) is 65.2 cm³/mol. The van der Waals surface area contributed by atoms with E-state index in [2.05, 4.69) is 14.9 Å². The molecule has 0 atom stereocenters. The molecule has 1 heterocycles. The van der Waals surface area contributed by atoms with E-state index in [-0.39, 0.29) is 0 Å². The Kier molecular flexibility index (Phi) is 4.08. The van der Waals surface area contributed by atoms with Crippen LogP contribution in [0.15, 0.2) is 5.11 Å². The molecule has 1 aliphatic heterocycles. The second kappa shape index (κ2) is 5.55. The van der Waals surface area contributed by atoms with E-state index in [0.29, 0.717) is 6.54 Å². The number of azide groups is 1. The standard InChI is InChI=1S/C12H22N4/c13-15-14-8-3-9-16-10-6-12(7-11-16)4-1-2-5-12/h1-11H2. The van der Waals surface area contributed by atoms with E-state index < -0.39 is 0 Å². The summed E-state index contributed by atoms with van der Waals surface area (Å²) in [7, 11) is 0. The maximum Gasteiger partial charge on any atom is 0.0270 e. The van der Waals surface area contributed by atoms with Crippen LogP contribution in [0.3, 0.4) is 0 Å². The van der Waals surface area contributed by atoms with E-state index in [1.807, 2.05) is 0 Å². The summed E-state index contributed by atoms with van der Waals surface area (Å²) in [6.07, 6.45) is 9.66. The van der Waals surface area contributed by atoms with E-state index in [0.717, 1.165) is 18.4 Å². The number of hydrogen-bond donors (Lipinski definition) is 0. The average molecular weight is 222 g/mol. The van der Waals surface area contributed by atoms with Gasteiger partial charge in [-0.3, -0.25) is 0 Å². The second-order valence-electron chi connectivity index (χ2n) is 5.36. The molecular weight excluding hydrogens is 200 g/mol. The summed E-state index contributed by atoms with van der Waals surface area (Å²) in [6.45, 7) is 4.28. The van der Waals surface area contributed by atoms with Gasteiger partial charge in [-0.15, -0.1) is 0 Å². The van der Waals surface area contributed by atoms with Crippen molar-refractivity contribution in [3.8, 4) is 0 Å². The first-order valence-electron chi connectivity index (χ1n) is 6.58. The minimum absolute atomic E-state index is 0.651. The van der Waals surface area contributed by atoms with Gasteiger partial charge in [0, 0.05) is 11.5 Å². The van der Waals surface area contributed by atoms with E-state index in [4.69, 9.17) is 5.53 Å². The minimum Gasteiger partial charge on any atom is -0.303 e. The number of piperidine rings is 1. The molecule has 0 aromatic carbocycles. The lowest BCUT2D eigenvalue weighted by Gasteiger charge is -2.39. The number of likely N-dealkylation sites (tertiary alicyclic amines) is 1. The number of rotatable bonds is 4. The van der Waals surface area contributed by atoms with Crippen molar-refractivity contribution in [1.82, 2.24) is 4.90 Å². The molecule has 90 valence electrons. The van der Waals surface area contributed by atoms with Gasteiger partial charge in [0.2, 0.25) is 0 Å². The lowest BCUT2D eigenvalue weighted by atomic mass is 9.77. The van der Waals surface area contributed by atoms with Crippen molar-refractivity contribution in [3.05, 3.63) is 10.4 Å². The summed E-state index contributed by atoms with van der Waals surface area (Å²) < 4.78 is 0. The molecule has 2 aliphatic rings. The van der Waals surface area contributed by atoms with E-state index in [1.165, 1.54) is 51.6 Å². The van der Waals surface area contributed by atoms with Gasteiger partial charge in [0.15, 0.2) is 0 Å². The van der Waals surface area contributed by atoms with Crippen LogP contribution in [-0.4, -0.2) is 31.1 Å². The van der Waals surface area contributed by atoms with Crippen LogP contribution in [0.2, 0.25) is 0 Å². The second-order valence-corrected chi connectivity index (χ2v) is 5.36. The zero-order valence-corrected chi connectivity index (χ0v) is 10.1. The first-order chi connectivity index (χ1) is 7.85. The zero-order valence-electron chi connectivity index (χ0n) is 10.1. The van der Waals surface area contributed by atoms with E-state index in [1.54, 1.807) is 0 Å². The molecule has 0 radical (unpaired) electrons. The normalized spacial score (nSPS) is 24.5. The molecule has 0 bridgehead atoms. The highest BCUT2D eigenvalue weighted by Crippen LogP contribution is 2.45. The maximum absolute atomic E-state index is 8.19. The lowest BCUT2D eigenvalue weighted by Crippen LogP contribution is -2.39. The van der Waals surface area contributed by atoms with Crippen molar-refractivity contribution in [2.75, 3.05) is 26.2 Å². The highest BCUT2D eigenvalue weighted by atomic mass is 15.1. The topological polar surface area (TPSA) is 52.0 Å². The summed E-state index contributed by atoms with van der Waals surface area (Å²) >= 11 is 0. The van der Waals surface area contributed by atoms with Gasteiger partial charge in [-0.05, 0) is 62.7 Å². The fourth-order valence-electron chi connectivity index (χ4n) is 3.29. The summed E-state index contributed by atoms with van der Waals surface area (Å²) in [5, 5.41) is 3.58. The van der Waals surface area contributed by atoms with Crippen LogP contribution in [0.25, 0.3) is 10.4 Å². The lowest BCUT2D eigenvalue weighted by molar-refractivity contribution is 0.108. The van der Waals surface area contributed by atoms with Crippen molar-refractivity contribution in [3.63, 3.8) is 0 Å². The highest BCUT2D eigenvalue weighted by molar-refractivity contribution is 4.89. The first kappa shape index (κ1) is 11.7. The molecule has 0 amide bonds. The Balaban J connectivity index is 1.66. The van der Waals surface area contributed by atoms with Gasteiger partial charge in [-0.2, -0.15) is 0 Å². The van der Waals surface area contributed by atoms with Gasteiger partial charge >= 0.3 is 0 Å². The van der Waals surface area contributed by atoms with Crippen LogP contribution in [0.4, 0.5) is 0 Å². The molecule has 1 saturated carbocycles. The largest absolute Gasteiger partial charge is 0.303 e. The molecule has 0 aromatic heterocycles. The Morgan fingerprint density at radius 3 is 2.44 bits per heavy atom. The van der Waals surface area contributed by atoms with Crippen LogP contribution >= 0.6 is 0 Å². The van der Waals surface area contributed by atoms with Gasteiger partial charge in [0.1, 0.15) is 0 Å². The van der Waals surface area contributed by atoms with Gasteiger partial charge in [-0.25, -0.2) is 0 Å². The van der Waals surface area contributed by atoms with Gasteiger partial charge < -0.3 is 4.90 Å². The molecule has 0 unspecified atom stereocenters. The van der Waals surface area contributed by atoms with Crippen LogP contribution < -0.4 is 0 Å². The molecule has 1 saturated heterocycles. The van der Waals surface area contributed by atoms with Crippen LogP contribution in [0.1, 0.15) is 44.9 Å². The van der Waals surface area contributed by atoms with Crippen molar-refractivity contribution in [2.45, 2.75) is 44.9 Å². The van der Waals surface area contributed by atoms with Crippen LogP contribution in [0, 0.1) is 5.41 Å². The molecule has 1 aliphatic carbocycles. The molecule has 2 rings (SSSR count). The van der Waals surface area contributed by atoms with Crippen molar-refractivity contribution in [2.24, 2.45) is 10.5 Å². The minimum atomic E-state index is 0.651. The average Bonchev–Trinajstić information content (AvgIpc) is 2.76. The van der Waals surface area contributed by atoms with Gasteiger partial charge in [-0.1, -0.05) is 18.0 Å². The summed E-state index contributed by atoms with van der Waals surface area (Å²) in [6, 6.07) is 0. The molecule has 4 nitrogen and oxygen atoms in total. The summed E-state index contributed by atoms with van der Waals surface area (Å²) in [4.78, 5) is 5.32. The number of nitrogens with zero attached hydrogens (tertiary/aromatic N) is 4. The fraction of sp³-hybridized carbons (Fsp3) is 1.00. The van der Waals surface area contributed by atoms with Crippen molar-refractivity contribution in [1.29, 1.82) is 0 Å². The number of hydrogen-bond acceptors (Lipinski definition) is 2. The first-order valence-corrected chi connectivity index (χ1v) is 6.58. The molecule has 4 heteroatoms. The Morgan fingerprint density at radius 1 is 1.12 bits per heavy atom. The summed E-state index contributed by atoms with van der Waals surface area (Å²) in [5.74, 6) is 0. The quantitative estimate of drug-likeness (QED) is 0.311. The van der Waals surface area contributed by atoms with Gasteiger partial charge in [0.25, 0.3) is 0 Å². The molecule has 0 N–H and O–H groups in total. The van der Waals surface area contributed by atoms with Crippen LogP contribution in [-0.2, 0) is 0 Å².